The maximum Gasteiger partial charge on any atom is 0.251 e. The summed E-state index contributed by atoms with van der Waals surface area (Å²) in [5.41, 5.74) is 0.0656. The van der Waals surface area contributed by atoms with Crippen LogP contribution in [0.25, 0.3) is 0 Å². The minimum Gasteiger partial charge on any atom is -0.352 e. The van der Waals surface area contributed by atoms with Crippen LogP contribution in [-0.4, -0.2) is 12.5 Å². The lowest BCUT2D eigenvalue weighted by molar-refractivity contribution is 0.0953. The molecule has 0 fully saturated rings. The molecule has 0 spiro atoms. The molecule has 5 heteroatoms. The molecule has 0 aromatic heterocycles. The summed E-state index contributed by atoms with van der Waals surface area (Å²) in [5.74, 6) is -2.51. The minimum absolute atomic E-state index is 0.0656. The third kappa shape index (κ3) is 3.31. The Kier molecular flexibility index (Phi) is 4.40. The maximum atomic E-state index is 12.8. The molecule has 0 atom stereocenters. The Morgan fingerprint density at radius 3 is 2.75 bits per heavy atom. The number of halogens is 2. The van der Waals surface area contributed by atoms with E-state index in [1.165, 1.54) is 6.07 Å². The second-order valence-corrected chi connectivity index (χ2v) is 3.15. The van der Waals surface area contributed by atoms with Gasteiger partial charge in [-0.15, -0.1) is 0 Å². The van der Waals surface area contributed by atoms with Gasteiger partial charge in [-0.1, -0.05) is 0 Å². The first-order chi connectivity index (χ1) is 7.65. The highest BCUT2D eigenvalue weighted by Crippen LogP contribution is 2.08. The first-order valence-electron chi connectivity index (χ1n) is 4.75. The van der Waals surface area contributed by atoms with Gasteiger partial charge < -0.3 is 5.32 Å². The van der Waals surface area contributed by atoms with Crippen molar-refractivity contribution < 1.29 is 13.6 Å². The number of carbonyl (C=O) groups excluding carboxylic acids is 1. The zero-order chi connectivity index (χ0) is 12.0. The Labute approximate surface area is 91.7 Å². The number of unbranched alkanes of at least 4 members (excludes halogenated alkanes) is 1. The van der Waals surface area contributed by atoms with Crippen molar-refractivity contribution in [3.05, 3.63) is 35.4 Å². The Morgan fingerprint density at radius 1 is 1.38 bits per heavy atom. The second-order valence-electron chi connectivity index (χ2n) is 3.15. The van der Waals surface area contributed by atoms with E-state index in [4.69, 9.17) is 5.26 Å². The monoisotopic (exact) mass is 224 g/mol. The molecule has 1 aromatic rings. The summed E-state index contributed by atoms with van der Waals surface area (Å²) in [6, 6.07) is 4.89. The molecule has 0 unspecified atom stereocenters. The Morgan fingerprint density at radius 2 is 2.12 bits per heavy atom. The van der Waals surface area contributed by atoms with Crippen molar-refractivity contribution in [1.29, 1.82) is 5.26 Å². The van der Waals surface area contributed by atoms with Crippen molar-refractivity contribution in [1.82, 2.24) is 5.32 Å². The number of rotatable bonds is 4. The number of amides is 1. The van der Waals surface area contributed by atoms with Gasteiger partial charge >= 0.3 is 0 Å². The van der Waals surface area contributed by atoms with Gasteiger partial charge in [0, 0.05) is 18.5 Å². The number of hydrogen-bond acceptors (Lipinski definition) is 2. The standard InChI is InChI=1S/C11H10F2N2O/c12-9-4-3-8(7-10(9)13)11(16)15-6-2-1-5-14/h3-4,7H,1-2,6H2,(H,15,16). The third-order valence-corrected chi connectivity index (χ3v) is 1.93. The number of nitriles is 1. The van der Waals surface area contributed by atoms with Gasteiger partial charge in [0.1, 0.15) is 0 Å². The highest BCUT2D eigenvalue weighted by atomic mass is 19.2. The lowest BCUT2D eigenvalue weighted by Gasteiger charge is -2.03. The zero-order valence-electron chi connectivity index (χ0n) is 8.46. The molecule has 0 bridgehead atoms. The smallest absolute Gasteiger partial charge is 0.251 e. The topological polar surface area (TPSA) is 52.9 Å². The first-order valence-corrected chi connectivity index (χ1v) is 4.75. The van der Waals surface area contributed by atoms with Crippen LogP contribution in [0.4, 0.5) is 8.78 Å². The highest BCUT2D eigenvalue weighted by molar-refractivity contribution is 5.94. The number of benzene rings is 1. The van der Waals surface area contributed by atoms with Crippen molar-refractivity contribution in [2.24, 2.45) is 0 Å². The van der Waals surface area contributed by atoms with Crippen LogP contribution >= 0.6 is 0 Å². The van der Waals surface area contributed by atoms with Crippen LogP contribution in [0.3, 0.4) is 0 Å². The fourth-order valence-corrected chi connectivity index (χ4v) is 1.11. The summed E-state index contributed by atoms with van der Waals surface area (Å²) >= 11 is 0. The molecule has 1 rings (SSSR count). The highest BCUT2D eigenvalue weighted by Gasteiger charge is 2.08. The van der Waals surface area contributed by atoms with Crippen LogP contribution < -0.4 is 5.32 Å². The molecule has 84 valence electrons. The molecule has 1 N–H and O–H groups in total. The van der Waals surface area contributed by atoms with Crippen molar-refractivity contribution in [3.63, 3.8) is 0 Å². The zero-order valence-corrected chi connectivity index (χ0v) is 8.46. The van der Waals surface area contributed by atoms with E-state index in [0.717, 1.165) is 12.1 Å². The molecule has 1 aromatic carbocycles. The first kappa shape index (κ1) is 12.1. The number of hydrogen-bond donors (Lipinski definition) is 1. The summed E-state index contributed by atoms with van der Waals surface area (Å²) in [7, 11) is 0. The quantitative estimate of drug-likeness (QED) is 0.795. The van der Waals surface area contributed by atoms with E-state index >= 15 is 0 Å². The summed E-state index contributed by atoms with van der Waals surface area (Å²) in [4.78, 5) is 11.4. The molecule has 0 saturated carbocycles. The minimum atomic E-state index is -1.05. The summed E-state index contributed by atoms with van der Waals surface area (Å²) in [6.45, 7) is 0.339. The molecule has 3 nitrogen and oxygen atoms in total. The van der Waals surface area contributed by atoms with E-state index in [2.05, 4.69) is 5.32 Å². The van der Waals surface area contributed by atoms with Gasteiger partial charge in [0.15, 0.2) is 11.6 Å². The Balaban J connectivity index is 2.53. The largest absolute Gasteiger partial charge is 0.352 e. The third-order valence-electron chi connectivity index (χ3n) is 1.93. The van der Waals surface area contributed by atoms with Crippen molar-refractivity contribution in [2.75, 3.05) is 6.54 Å². The van der Waals surface area contributed by atoms with Crippen molar-refractivity contribution >= 4 is 5.91 Å². The van der Waals surface area contributed by atoms with E-state index in [9.17, 15) is 13.6 Å². The normalized spacial score (nSPS) is 9.56. The average Bonchev–Trinajstić information content (AvgIpc) is 2.28. The number of carbonyl (C=O) groups is 1. The molecule has 0 aliphatic rings. The van der Waals surface area contributed by atoms with Crippen LogP contribution in [0.5, 0.6) is 0 Å². The molecular weight excluding hydrogens is 214 g/mol. The lowest BCUT2D eigenvalue weighted by atomic mass is 10.2. The molecule has 0 aliphatic carbocycles. The van der Waals surface area contributed by atoms with Gasteiger partial charge in [-0.3, -0.25) is 4.79 Å². The fourth-order valence-electron chi connectivity index (χ4n) is 1.11. The maximum absolute atomic E-state index is 12.8. The van der Waals surface area contributed by atoms with Crippen LogP contribution in [0.1, 0.15) is 23.2 Å². The van der Waals surface area contributed by atoms with Crippen LogP contribution in [0, 0.1) is 23.0 Å². The number of nitrogens with zero attached hydrogens (tertiary/aromatic N) is 1. The number of nitrogens with one attached hydrogen (secondary N) is 1. The van der Waals surface area contributed by atoms with Gasteiger partial charge in [-0.05, 0) is 24.6 Å². The van der Waals surface area contributed by atoms with E-state index in [-0.39, 0.29) is 5.56 Å². The fraction of sp³-hybridized carbons (Fsp3) is 0.273. The Hall–Kier alpha value is -1.96. The average molecular weight is 224 g/mol. The summed E-state index contributed by atoms with van der Waals surface area (Å²) in [6.07, 6.45) is 0.879. The molecular formula is C11H10F2N2O. The summed E-state index contributed by atoms with van der Waals surface area (Å²) in [5, 5.41) is 10.8. The van der Waals surface area contributed by atoms with Crippen molar-refractivity contribution in [3.8, 4) is 6.07 Å². The van der Waals surface area contributed by atoms with Gasteiger partial charge in [0.05, 0.1) is 6.07 Å². The predicted molar refractivity (Wildman–Crippen MR) is 53.5 cm³/mol. The van der Waals surface area contributed by atoms with Crippen LogP contribution in [-0.2, 0) is 0 Å². The van der Waals surface area contributed by atoms with Crippen LogP contribution in [0.15, 0.2) is 18.2 Å². The lowest BCUT2D eigenvalue weighted by Crippen LogP contribution is -2.24. The van der Waals surface area contributed by atoms with Gasteiger partial charge in [-0.2, -0.15) is 5.26 Å². The molecule has 1 amide bonds. The predicted octanol–water partition coefficient (Wildman–Crippen LogP) is 2.00. The molecule has 0 saturated heterocycles. The SMILES string of the molecule is N#CCCCNC(=O)c1ccc(F)c(F)c1. The van der Waals surface area contributed by atoms with Gasteiger partial charge in [0.25, 0.3) is 5.91 Å². The molecule has 0 heterocycles. The summed E-state index contributed by atoms with van der Waals surface area (Å²) < 4.78 is 25.4. The van der Waals surface area contributed by atoms with Crippen LogP contribution in [0.2, 0.25) is 0 Å². The van der Waals surface area contributed by atoms with E-state index in [0.29, 0.717) is 19.4 Å². The second kappa shape index (κ2) is 5.81. The molecule has 16 heavy (non-hydrogen) atoms. The van der Waals surface area contributed by atoms with Crippen molar-refractivity contribution in [2.45, 2.75) is 12.8 Å². The van der Waals surface area contributed by atoms with E-state index in [1.54, 1.807) is 0 Å². The molecule has 0 radical (unpaired) electrons. The van der Waals surface area contributed by atoms with Gasteiger partial charge in [-0.25, -0.2) is 8.78 Å². The van der Waals surface area contributed by atoms with E-state index in [1.807, 2.05) is 6.07 Å². The van der Waals surface area contributed by atoms with E-state index < -0.39 is 17.5 Å². The molecule has 0 aliphatic heterocycles. The van der Waals surface area contributed by atoms with Gasteiger partial charge in [0.2, 0.25) is 0 Å². The Bertz CT molecular complexity index is 426.